The van der Waals surface area contributed by atoms with Crippen molar-refractivity contribution in [1.29, 1.82) is 0 Å². The summed E-state index contributed by atoms with van der Waals surface area (Å²) in [6, 6.07) is 2.88. The predicted molar refractivity (Wildman–Crippen MR) is 52.5 cm³/mol. The fraction of sp³-hybridized carbons (Fsp3) is 0.300. The van der Waals surface area contributed by atoms with Crippen LogP contribution in [0.3, 0.4) is 0 Å². The Morgan fingerprint density at radius 2 is 2.29 bits per heavy atom. The van der Waals surface area contributed by atoms with Crippen molar-refractivity contribution in [3.05, 3.63) is 35.5 Å². The summed E-state index contributed by atoms with van der Waals surface area (Å²) in [6.45, 7) is 3.73. The van der Waals surface area contributed by atoms with E-state index in [1.54, 1.807) is 16.7 Å². The quantitative estimate of drug-likeness (QED) is 0.750. The highest BCUT2D eigenvalue weighted by molar-refractivity contribution is 5.44. The van der Waals surface area contributed by atoms with Crippen LogP contribution in [0.25, 0.3) is 5.65 Å². The van der Waals surface area contributed by atoms with E-state index in [-0.39, 0.29) is 11.9 Å². The fourth-order valence-corrected chi connectivity index (χ4v) is 1.60. The Morgan fingerprint density at radius 1 is 1.57 bits per heavy atom. The minimum Gasteiger partial charge on any atom is -0.323 e. The largest absolute Gasteiger partial charge is 0.323 e. The summed E-state index contributed by atoms with van der Waals surface area (Å²) in [7, 11) is 0. The van der Waals surface area contributed by atoms with E-state index in [1.807, 2.05) is 13.8 Å². The van der Waals surface area contributed by atoms with Crippen LogP contribution in [0.5, 0.6) is 0 Å². The van der Waals surface area contributed by atoms with Gasteiger partial charge in [-0.1, -0.05) is 0 Å². The van der Waals surface area contributed by atoms with Crippen molar-refractivity contribution in [2.45, 2.75) is 19.9 Å². The molecule has 2 rings (SSSR count). The van der Waals surface area contributed by atoms with Gasteiger partial charge in [0.25, 0.3) is 0 Å². The number of nitrogens with two attached hydrogens (primary N) is 1. The molecule has 0 aromatic carbocycles. The van der Waals surface area contributed by atoms with Crippen molar-refractivity contribution in [2.75, 3.05) is 0 Å². The zero-order valence-electron chi connectivity index (χ0n) is 8.16. The molecule has 1 unspecified atom stereocenters. The molecule has 0 amide bonds. The number of rotatable bonds is 1. The van der Waals surface area contributed by atoms with E-state index < -0.39 is 0 Å². The van der Waals surface area contributed by atoms with Gasteiger partial charge in [-0.25, -0.2) is 9.37 Å². The Kier molecular flexibility index (Phi) is 2.00. The van der Waals surface area contributed by atoms with Crippen LogP contribution in [-0.4, -0.2) is 9.38 Å². The molecule has 2 aromatic rings. The second-order valence-electron chi connectivity index (χ2n) is 3.42. The first kappa shape index (κ1) is 9.15. The molecule has 0 fully saturated rings. The van der Waals surface area contributed by atoms with Gasteiger partial charge in [0.2, 0.25) is 0 Å². The summed E-state index contributed by atoms with van der Waals surface area (Å²) in [6.07, 6.45) is 1.78. The summed E-state index contributed by atoms with van der Waals surface area (Å²) in [5, 5.41) is 0. The molecule has 2 N–H and O–H groups in total. The molecule has 0 aliphatic carbocycles. The van der Waals surface area contributed by atoms with Crippen molar-refractivity contribution < 1.29 is 4.39 Å². The molecule has 2 heterocycles. The highest BCUT2D eigenvalue weighted by Gasteiger charge is 2.13. The SMILES string of the molecule is Cc1c(C(C)N)nc2c(F)cccn12. The maximum Gasteiger partial charge on any atom is 0.173 e. The fourth-order valence-electron chi connectivity index (χ4n) is 1.60. The van der Waals surface area contributed by atoms with Crippen molar-refractivity contribution >= 4 is 5.65 Å². The molecule has 0 spiro atoms. The van der Waals surface area contributed by atoms with Crippen LogP contribution >= 0.6 is 0 Å². The van der Waals surface area contributed by atoms with Gasteiger partial charge in [0, 0.05) is 17.9 Å². The van der Waals surface area contributed by atoms with Gasteiger partial charge in [-0.05, 0) is 26.0 Å². The van der Waals surface area contributed by atoms with E-state index in [9.17, 15) is 4.39 Å². The van der Waals surface area contributed by atoms with Crippen LogP contribution < -0.4 is 5.73 Å². The van der Waals surface area contributed by atoms with Crippen molar-refractivity contribution in [1.82, 2.24) is 9.38 Å². The van der Waals surface area contributed by atoms with Gasteiger partial charge in [0.1, 0.15) is 0 Å². The molecular weight excluding hydrogens is 181 g/mol. The van der Waals surface area contributed by atoms with E-state index in [4.69, 9.17) is 5.73 Å². The standard InChI is InChI=1S/C10H12FN3/c1-6(12)9-7(2)14-5-3-4-8(11)10(14)13-9/h3-6H,12H2,1-2H3. The minimum atomic E-state index is -0.317. The molecule has 14 heavy (non-hydrogen) atoms. The smallest absolute Gasteiger partial charge is 0.173 e. The second-order valence-corrected chi connectivity index (χ2v) is 3.42. The number of pyridine rings is 1. The Labute approximate surface area is 81.4 Å². The van der Waals surface area contributed by atoms with Crippen LogP contribution in [0.4, 0.5) is 4.39 Å². The maximum atomic E-state index is 13.3. The molecule has 0 saturated heterocycles. The highest BCUT2D eigenvalue weighted by atomic mass is 19.1. The van der Waals surface area contributed by atoms with Crippen LogP contribution in [0.2, 0.25) is 0 Å². The van der Waals surface area contributed by atoms with Gasteiger partial charge in [-0.2, -0.15) is 0 Å². The molecule has 2 aromatic heterocycles. The van der Waals surface area contributed by atoms with E-state index in [2.05, 4.69) is 4.98 Å². The molecule has 0 aliphatic heterocycles. The summed E-state index contributed by atoms with van der Waals surface area (Å²) in [4.78, 5) is 4.17. The number of imidazole rings is 1. The van der Waals surface area contributed by atoms with Gasteiger partial charge in [0.05, 0.1) is 5.69 Å². The zero-order chi connectivity index (χ0) is 10.3. The first-order valence-electron chi connectivity index (χ1n) is 4.50. The number of fused-ring (bicyclic) bond motifs is 1. The van der Waals surface area contributed by atoms with Gasteiger partial charge in [-0.3, -0.25) is 0 Å². The van der Waals surface area contributed by atoms with E-state index in [0.29, 0.717) is 5.65 Å². The van der Waals surface area contributed by atoms with Gasteiger partial charge in [-0.15, -0.1) is 0 Å². The number of aromatic nitrogens is 2. The average Bonchev–Trinajstić information content (AvgIpc) is 2.46. The molecule has 0 radical (unpaired) electrons. The Bertz CT molecular complexity index is 473. The van der Waals surface area contributed by atoms with Crippen LogP contribution in [0.1, 0.15) is 24.4 Å². The van der Waals surface area contributed by atoms with E-state index >= 15 is 0 Å². The van der Waals surface area contributed by atoms with Gasteiger partial charge < -0.3 is 10.1 Å². The number of aryl methyl sites for hydroxylation is 1. The first-order chi connectivity index (χ1) is 6.61. The lowest BCUT2D eigenvalue weighted by Gasteiger charge is -2.01. The molecule has 1 atom stereocenters. The van der Waals surface area contributed by atoms with E-state index in [0.717, 1.165) is 11.4 Å². The third kappa shape index (κ3) is 1.19. The number of hydrogen-bond donors (Lipinski definition) is 1. The monoisotopic (exact) mass is 193 g/mol. The molecule has 0 bridgehead atoms. The third-order valence-corrected chi connectivity index (χ3v) is 2.31. The topological polar surface area (TPSA) is 43.3 Å². The van der Waals surface area contributed by atoms with Gasteiger partial charge in [0.15, 0.2) is 11.5 Å². The highest BCUT2D eigenvalue weighted by Crippen LogP contribution is 2.18. The summed E-state index contributed by atoms with van der Waals surface area (Å²) in [5.74, 6) is -0.317. The van der Waals surface area contributed by atoms with Crippen molar-refractivity contribution in [2.24, 2.45) is 5.73 Å². The van der Waals surface area contributed by atoms with Crippen molar-refractivity contribution in [3.63, 3.8) is 0 Å². The lowest BCUT2D eigenvalue weighted by molar-refractivity contribution is 0.629. The second kappa shape index (κ2) is 3.06. The van der Waals surface area contributed by atoms with Crippen molar-refractivity contribution in [3.8, 4) is 0 Å². The summed E-state index contributed by atoms with van der Waals surface area (Å²) < 4.78 is 15.0. The van der Waals surface area contributed by atoms with Gasteiger partial charge >= 0.3 is 0 Å². The zero-order valence-corrected chi connectivity index (χ0v) is 8.16. The Morgan fingerprint density at radius 3 is 2.86 bits per heavy atom. The maximum absolute atomic E-state index is 13.3. The molecular formula is C10H12FN3. The number of nitrogens with zero attached hydrogens (tertiary/aromatic N) is 2. The third-order valence-electron chi connectivity index (χ3n) is 2.31. The predicted octanol–water partition coefficient (Wildman–Crippen LogP) is 1.80. The van der Waals surface area contributed by atoms with Crippen LogP contribution in [-0.2, 0) is 0 Å². The number of hydrogen-bond acceptors (Lipinski definition) is 2. The lowest BCUT2D eigenvalue weighted by Crippen LogP contribution is -2.07. The molecule has 74 valence electrons. The molecule has 0 aliphatic rings. The molecule has 3 nitrogen and oxygen atoms in total. The van der Waals surface area contributed by atoms with Crippen LogP contribution in [0.15, 0.2) is 18.3 Å². The number of halogens is 1. The first-order valence-corrected chi connectivity index (χ1v) is 4.50. The Balaban J connectivity index is 2.80. The normalized spacial score (nSPS) is 13.4. The lowest BCUT2D eigenvalue weighted by atomic mass is 10.2. The van der Waals surface area contributed by atoms with Crippen LogP contribution in [0, 0.1) is 12.7 Å². The summed E-state index contributed by atoms with van der Waals surface area (Å²) >= 11 is 0. The minimum absolute atomic E-state index is 0.172. The molecule has 0 saturated carbocycles. The summed E-state index contributed by atoms with van der Waals surface area (Å²) in [5.41, 5.74) is 7.72. The molecule has 4 heteroatoms. The van der Waals surface area contributed by atoms with E-state index in [1.165, 1.54) is 6.07 Å². The Hall–Kier alpha value is -1.42. The average molecular weight is 193 g/mol.